The van der Waals surface area contributed by atoms with Gasteiger partial charge in [-0.25, -0.2) is 9.59 Å². The zero-order valence-electron chi connectivity index (χ0n) is 14.4. The number of nitrogens with one attached hydrogen (secondary N) is 1. The number of methoxy groups -OCH3 is 1. The van der Waals surface area contributed by atoms with Gasteiger partial charge in [-0.2, -0.15) is 0 Å². The lowest BCUT2D eigenvalue weighted by Gasteiger charge is -2.22. The Morgan fingerprint density at radius 3 is 2.70 bits per heavy atom. The van der Waals surface area contributed by atoms with E-state index in [1.807, 2.05) is 5.41 Å². The number of alkyl carbamates (subject to hydrolysis) is 1. The second-order valence-corrected chi connectivity index (χ2v) is 7.32. The predicted octanol–water partition coefficient (Wildman–Crippen LogP) is 3.80. The number of carbonyl (C=O) groups is 2. The molecule has 1 N–H and O–H groups in total. The number of thioether (sulfide) groups is 1. The van der Waals surface area contributed by atoms with Crippen molar-refractivity contribution in [2.75, 3.05) is 12.9 Å². The minimum absolute atomic E-state index is 0.399. The second kappa shape index (κ2) is 9.65. The number of esters is 1. The Kier molecular flexibility index (Phi) is 8.23. The summed E-state index contributed by atoms with van der Waals surface area (Å²) in [6.45, 7) is 5.32. The zero-order chi connectivity index (χ0) is 17.3. The maximum Gasteiger partial charge on any atom is 0.408 e. The summed E-state index contributed by atoms with van der Waals surface area (Å²) in [4.78, 5) is 23.6. The molecule has 1 amide bonds. The first-order valence-corrected chi connectivity index (χ1v) is 8.91. The van der Waals surface area contributed by atoms with Crippen LogP contribution in [0.15, 0.2) is 23.1 Å². The summed E-state index contributed by atoms with van der Waals surface area (Å²) >= 11 is 1.47. The fourth-order valence-electron chi connectivity index (χ4n) is 2.06. The molecule has 0 aromatic rings. The molecule has 1 atom stereocenters. The highest BCUT2D eigenvalue weighted by atomic mass is 32.2. The van der Waals surface area contributed by atoms with Gasteiger partial charge in [-0.15, -0.1) is 11.8 Å². The van der Waals surface area contributed by atoms with E-state index in [0.717, 1.165) is 12.8 Å². The summed E-state index contributed by atoms with van der Waals surface area (Å²) in [6.07, 6.45) is 8.43. The molecule has 1 aliphatic carbocycles. The molecule has 1 rings (SSSR count). The highest BCUT2D eigenvalue weighted by Gasteiger charge is 2.24. The molecule has 0 heterocycles. The molecule has 5 nitrogen and oxygen atoms in total. The monoisotopic (exact) mass is 341 g/mol. The molecule has 0 spiro atoms. The summed E-state index contributed by atoms with van der Waals surface area (Å²) in [5, 5.41) is 4.52. The van der Waals surface area contributed by atoms with Gasteiger partial charge >= 0.3 is 12.1 Å². The Bertz CT molecular complexity index is 466. The van der Waals surface area contributed by atoms with Crippen molar-refractivity contribution in [1.82, 2.24) is 5.32 Å². The summed E-state index contributed by atoms with van der Waals surface area (Å²) in [5.41, 5.74) is 0.726. The number of ether oxygens (including phenoxy) is 2. The zero-order valence-corrected chi connectivity index (χ0v) is 15.2. The van der Waals surface area contributed by atoms with Crippen LogP contribution in [0.4, 0.5) is 4.79 Å². The van der Waals surface area contributed by atoms with Crippen LogP contribution in [0.3, 0.4) is 0 Å². The number of hydrogen-bond donors (Lipinski definition) is 1. The van der Waals surface area contributed by atoms with Gasteiger partial charge in [0, 0.05) is 5.75 Å². The van der Waals surface area contributed by atoms with Crippen molar-refractivity contribution >= 4 is 23.8 Å². The third-order valence-corrected chi connectivity index (χ3v) is 4.00. The smallest absolute Gasteiger partial charge is 0.408 e. The van der Waals surface area contributed by atoms with Gasteiger partial charge < -0.3 is 14.8 Å². The number of hydrogen-bond acceptors (Lipinski definition) is 5. The van der Waals surface area contributed by atoms with Gasteiger partial charge in [-0.05, 0) is 51.9 Å². The van der Waals surface area contributed by atoms with Crippen molar-refractivity contribution in [3.63, 3.8) is 0 Å². The van der Waals surface area contributed by atoms with E-state index in [1.54, 1.807) is 20.8 Å². The molecule has 0 bridgehead atoms. The Labute approximate surface area is 142 Å². The predicted molar refractivity (Wildman–Crippen MR) is 93.3 cm³/mol. The number of rotatable bonds is 6. The van der Waals surface area contributed by atoms with E-state index in [2.05, 4.69) is 17.5 Å². The number of allylic oxidation sites excluding steroid dienone is 3. The van der Waals surface area contributed by atoms with Crippen LogP contribution in [0.1, 0.15) is 46.5 Å². The van der Waals surface area contributed by atoms with Crippen LogP contribution >= 0.6 is 11.8 Å². The first-order valence-electron chi connectivity index (χ1n) is 7.86. The Morgan fingerprint density at radius 1 is 1.39 bits per heavy atom. The van der Waals surface area contributed by atoms with Gasteiger partial charge in [-0.1, -0.05) is 17.7 Å². The van der Waals surface area contributed by atoms with Crippen molar-refractivity contribution in [2.45, 2.75) is 58.1 Å². The van der Waals surface area contributed by atoms with Gasteiger partial charge in [0.1, 0.15) is 11.6 Å². The quantitative estimate of drug-likeness (QED) is 0.745. The van der Waals surface area contributed by atoms with Crippen LogP contribution < -0.4 is 5.32 Å². The molecule has 0 aliphatic heterocycles. The molecule has 0 saturated carbocycles. The van der Waals surface area contributed by atoms with Crippen LogP contribution in [0.5, 0.6) is 0 Å². The first-order chi connectivity index (χ1) is 10.8. The molecule has 0 aromatic carbocycles. The summed E-state index contributed by atoms with van der Waals surface area (Å²) < 4.78 is 9.90. The van der Waals surface area contributed by atoms with Crippen LogP contribution in [-0.4, -0.2) is 36.6 Å². The first kappa shape index (κ1) is 19.6. The van der Waals surface area contributed by atoms with Crippen molar-refractivity contribution in [3.05, 3.63) is 23.1 Å². The molecular weight excluding hydrogens is 314 g/mol. The van der Waals surface area contributed by atoms with Crippen molar-refractivity contribution in [3.8, 4) is 0 Å². The van der Waals surface area contributed by atoms with E-state index in [0.29, 0.717) is 5.75 Å². The molecule has 0 saturated heterocycles. The van der Waals surface area contributed by atoms with E-state index in [4.69, 9.17) is 9.47 Å². The maximum atomic E-state index is 11.8. The molecule has 23 heavy (non-hydrogen) atoms. The van der Waals surface area contributed by atoms with Gasteiger partial charge in [0.05, 0.1) is 7.11 Å². The van der Waals surface area contributed by atoms with Crippen LogP contribution in [0.2, 0.25) is 0 Å². The summed E-state index contributed by atoms with van der Waals surface area (Å²) in [7, 11) is 1.31. The third-order valence-electron chi connectivity index (χ3n) is 3.14. The third kappa shape index (κ3) is 8.69. The van der Waals surface area contributed by atoms with E-state index >= 15 is 0 Å². The standard InChI is InChI=1S/C17H27NO4S/c1-17(2,3)22-16(20)18-14(15(19)21-4)12-23-11-10-13-8-6-5-7-9-13/h8,10-11,14H,5-7,9,12H2,1-4H3,(H,18,20)/b11-10-/t14-/m0/s1. The molecule has 6 heteroatoms. The Hall–Kier alpha value is -1.43. The minimum Gasteiger partial charge on any atom is -0.467 e. The fraction of sp³-hybridized carbons (Fsp3) is 0.647. The molecule has 1 aliphatic rings. The van der Waals surface area contributed by atoms with Crippen molar-refractivity contribution in [1.29, 1.82) is 0 Å². The van der Waals surface area contributed by atoms with E-state index in [-0.39, 0.29) is 0 Å². The average molecular weight is 341 g/mol. The largest absolute Gasteiger partial charge is 0.467 e. The normalized spacial score (nSPS) is 16.6. The van der Waals surface area contributed by atoms with E-state index in [9.17, 15) is 9.59 Å². The van der Waals surface area contributed by atoms with E-state index in [1.165, 1.54) is 37.3 Å². The Morgan fingerprint density at radius 2 is 2.13 bits per heavy atom. The number of amides is 1. The molecule has 0 unspecified atom stereocenters. The molecule has 0 aromatic heterocycles. The topological polar surface area (TPSA) is 64.6 Å². The lowest BCUT2D eigenvalue weighted by Crippen LogP contribution is -2.45. The second-order valence-electron chi connectivity index (χ2n) is 6.38. The summed E-state index contributed by atoms with van der Waals surface area (Å²) in [6, 6.07) is -0.732. The molecular formula is C17H27NO4S. The molecule has 0 fully saturated rings. The Balaban J connectivity index is 2.48. The van der Waals surface area contributed by atoms with E-state index < -0.39 is 23.7 Å². The van der Waals surface area contributed by atoms with Crippen molar-refractivity contribution in [2.24, 2.45) is 0 Å². The van der Waals surface area contributed by atoms with Crippen LogP contribution in [0, 0.1) is 0 Å². The van der Waals surface area contributed by atoms with Gasteiger partial charge in [0.25, 0.3) is 0 Å². The van der Waals surface area contributed by atoms with Crippen LogP contribution in [0.25, 0.3) is 0 Å². The average Bonchev–Trinajstić information content (AvgIpc) is 2.48. The van der Waals surface area contributed by atoms with Crippen molar-refractivity contribution < 1.29 is 19.1 Å². The lowest BCUT2D eigenvalue weighted by atomic mass is 10.0. The molecule has 130 valence electrons. The summed E-state index contributed by atoms with van der Waals surface area (Å²) in [5.74, 6) is -0.0796. The minimum atomic E-state index is -0.732. The van der Waals surface area contributed by atoms with Gasteiger partial charge in [0.15, 0.2) is 0 Å². The highest BCUT2D eigenvalue weighted by molar-refractivity contribution is 8.02. The van der Waals surface area contributed by atoms with Gasteiger partial charge in [-0.3, -0.25) is 0 Å². The number of carbonyl (C=O) groups excluding carboxylic acids is 2. The van der Waals surface area contributed by atoms with Crippen LogP contribution in [-0.2, 0) is 14.3 Å². The highest BCUT2D eigenvalue weighted by Crippen LogP contribution is 2.19. The fourth-order valence-corrected chi connectivity index (χ4v) is 2.86. The maximum absolute atomic E-state index is 11.8. The molecule has 0 radical (unpaired) electrons. The van der Waals surface area contributed by atoms with Gasteiger partial charge in [0.2, 0.25) is 0 Å². The SMILES string of the molecule is COC(=O)[C@H](CS/C=C\C1=CCCCC1)NC(=O)OC(C)(C)C. The lowest BCUT2D eigenvalue weighted by molar-refractivity contribution is -0.142.